The third-order valence-electron chi connectivity index (χ3n) is 4.16. The molecule has 0 aliphatic carbocycles. The normalized spacial score (nSPS) is 16.1. The summed E-state index contributed by atoms with van der Waals surface area (Å²) in [5, 5.41) is 14.8. The molecule has 26 heavy (non-hydrogen) atoms. The number of ether oxygens (including phenoxy) is 2. The van der Waals surface area contributed by atoms with Gasteiger partial charge in [-0.1, -0.05) is 24.5 Å². The first-order valence-corrected chi connectivity index (χ1v) is 9.12. The molecule has 1 aliphatic heterocycles. The number of nitrogens with zero attached hydrogens (tertiary/aromatic N) is 4. The zero-order valence-corrected chi connectivity index (χ0v) is 16.4. The van der Waals surface area contributed by atoms with E-state index in [-0.39, 0.29) is 5.97 Å². The number of hydrogen-bond donors (Lipinski definition) is 1. The highest BCUT2D eigenvalue weighted by Gasteiger charge is 2.35. The summed E-state index contributed by atoms with van der Waals surface area (Å²) < 4.78 is 13.1. The SMILES string of the molecule is CCCCOC(=O)C1=C(C)Nc2nnnn2[C@@H]1c1ccc(OC)c(Br)c1. The molecule has 1 N–H and O–H groups in total. The standard InChI is InChI=1S/C17H20BrN5O3/c1-4-5-8-26-16(24)14-10(2)19-17-20-21-22-23(17)15(14)11-6-7-13(25-3)12(18)9-11/h6-7,9,15H,4-5,8H2,1-3H3,(H,19,20,22)/t15-/m1/s1. The van der Waals surface area contributed by atoms with Crippen LogP contribution in [0.1, 0.15) is 38.3 Å². The molecule has 1 atom stereocenters. The Bertz CT molecular complexity index is 849. The van der Waals surface area contributed by atoms with Crippen LogP contribution >= 0.6 is 15.9 Å². The zero-order valence-electron chi connectivity index (χ0n) is 14.8. The van der Waals surface area contributed by atoms with Crippen molar-refractivity contribution in [3.05, 3.63) is 39.5 Å². The Labute approximate surface area is 159 Å². The Kier molecular flexibility index (Phi) is 5.55. The molecule has 2 aromatic rings. The van der Waals surface area contributed by atoms with Crippen LogP contribution in [0.4, 0.5) is 5.95 Å². The van der Waals surface area contributed by atoms with Crippen LogP contribution in [0, 0.1) is 0 Å². The lowest BCUT2D eigenvalue weighted by Gasteiger charge is -2.27. The Balaban J connectivity index is 2.03. The van der Waals surface area contributed by atoms with E-state index in [0.717, 1.165) is 22.9 Å². The number of hydrogen-bond acceptors (Lipinski definition) is 7. The quantitative estimate of drug-likeness (QED) is 0.565. The Morgan fingerprint density at radius 1 is 1.42 bits per heavy atom. The maximum absolute atomic E-state index is 12.8. The molecule has 8 nitrogen and oxygen atoms in total. The summed E-state index contributed by atoms with van der Waals surface area (Å²) in [6.07, 6.45) is 1.77. The van der Waals surface area contributed by atoms with Gasteiger partial charge in [-0.2, -0.15) is 4.68 Å². The van der Waals surface area contributed by atoms with Crippen LogP contribution in [-0.4, -0.2) is 39.9 Å². The lowest BCUT2D eigenvalue weighted by Crippen LogP contribution is -2.29. The molecule has 0 spiro atoms. The van der Waals surface area contributed by atoms with Crippen LogP contribution in [0.3, 0.4) is 0 Å². The van der Waals surface area contributed by atoms with Crippen LogP contribution in [0.5, 0.6) is 5.75 Å². The van der Waals surface area contributed by atoms with Crippen LogP contribution in [-0.2, 0) is 9.53 Å². The Morgan fingerprint density at radius 3 is 2.92 bits per heavy atom. The van der Waals surface area contributed by atoms with E-state index in [9.17, 15) is 4.79 Å². The molecule has 0 radical (unpaired) electrons. The fourth-order valence-electron chi connectivity index (χ4n) is 2.82. The van der Waals surface area contributed by atoms with E-state index < -0.39 is 6.04 Å². The minimum atomic E-state index is -0.488. The molecule has 0 saturated carbocycles. The number of fused-ring (bicyclic) bond motifs is 1. The molecular formula is C17H20BrN5O3. The Hall–Kier alpha value is -2.42. The maximum atomic E-state index is 12.8. The average Bonchev–Trinajstić information content (AvgIpc) is 3.08. The lowest BCUT2D eigenvalue weighted by atomic mass is 9.95. The van der Waals surface area contributed by atoms with Crippen molar-refractivity contribution in [2.24, 2.45) is 0 Å². The van der Waals surface area contributed by atoms with E-state index in [2.05, 4.69) is 36.8 Å². The number of nitrogens with one attached hydrogen (secondary N) is 1. The number of anilines is 1. The topological polar surface area (TPSA) is 91.2 Å². The van der Waals surface area contributed by atoms with Crippen molar-refractivity contribution in [1.29, 1.82) is 0 Å². The molecule has 0 unspecified atom stereocenters. The maximum Gasteiger partial charge on any atom is 0.338 e. The molecular weight excluding hydrogens is 402 g/mol. The van der Waals surface area contributed by atoms with E-state index >= 15 is 0 Å². The van der Waals surface area contributed by atoms with Gasteiger partial charge in [-0.15, -0.1) is 0 Å². The summed E-state index contributed by atoms with van der Waals surface area (Å²) in [6, 6.07) is 5.13. The number of esters is 1. The number of unbranched alkanes of at least 4 members (excludes halogenated alkanes) is 1. The first kappa shape index (κ1) is 18.4. The van der Waals surface area contributed by atoms with E-state index in [0.29, 0.717) is 29.6 Å². The van der Waals surface area contributed by atoms with E-state index in [1.165, 1.54) is 0 Å². The summed E-state index contributed by atoms with van der Waals surface area (Å²) in [6.45, 7) is 4.25. The number of allylic oxidation sites excluding steroid dienone is 1. The molecule has 3 rings (SSSR count). The minimum Gasteiger partial charge on any atom is -0.496 e. The molecule has 1 aromatic carbocycles. The van der Waals surface area contributed by atoms with Gasteiger partial charge in [0, 0.05) is 5.70 Å². The molecule has 9 heteroatoms. The molecule has 2 heterocycles. The molecule has 0 saturated heterocycles. The fraction of sp³-hybridized carbons (Fsp3) is 0.412. The van der Waals surface area contributed by atoms with Gasteiger partial charge in [-0.25, -0.2) is 4.79 Å². The molecule has 1 aliphatic rings. The number of methoxy groups -OCH3 is 1. The van der Waals surface area contributed by atoms with Gasteiger partial charge >= 0.3 is 5.97 Å². The number of tetrazole rings is 1. The van der Waals surface area contributed by atoms with Gasteiger partial charge in [0.2, 0.25) is 5.95 Å². The van der Waals surface area contributed by atoms with Gasteiger partial charge in [0.1, 0.15) is 11.8 Å². The van der Waals surface area contributed by atoms with Crippen LogP contribution < -0.4 is 10.1 Å². The number of halogens is 1. The fourth-order valence-corrected chi connectivity index (χ4v) is 3.38. The van der Waals surface area contributed by atoms with Gasteiger partial charge < -0.3 is 14.8 Å². The third kappa shape index (κ3) is 3.44. The second-order valence-corrected chi connectivity index (χ2v) is 6.75. The first-order chi connectivity index (χ1) is 12.6. The van der Waals surface area contributed by atoms with Gasteiger partial charge in [-0.05, 0) is 57.4 Å². The first-order valence-electron chi connectivity index (χ1n) is 8.33. The van der Waals surface area contributed by atoms with Crippen molar-refractivity contribution in [2.75, 3.05) is 19.0 Å². The van der Waals surface area contributed by atoms with Crippen LogP contribution in [0.25, 0.3) is 0 Å². The van der Waals surface area contributed by atoms with Crippen molar-refractivity contribution in [1.82, 2.24) is 20.2 Å². The summed E-state index contributed by atoms with van der Waals surface area (Å²) in [7, 11) is 1.60. The minimum absolute atomic E-state index is 0.374. The molecule has 138 valence electrons. The third-order valence-corrected chi connectivity index (χ3v) is 4.78. The van der Waals surface area contributed by atoms with Crippen molar-refractivity contribution in [3.8, 4) is 5.75 Å². The van der Waals surface area contributed by atoms with Crippen LogP contribution in [0.2, 0.25) is 0 Å². The molecule has 0 fully saturated rings. The highest BCUT2D eigenvalue weighted by molar-refractivity contribution is 9.10. The second kappa shape index (κ2) is 7.86. The number of aromatic nitrogens is 4. The predicted octanol–water partition coefficient (Wildman–Crippen LogP) is 3.08. The monoisotopic (exact) mass is 421 g/mol. The van der Waals surface area contributed by atoms with Crippen LogP contribution in [0.15, 0.2) is 33.9 Å². The second-order valence-electron chi connectivity index (χ2n) is 5.90. The Morgan fingerprint density at radius 2 is 2.23 bits per heavy atom. The summed E-state index contributed by atoms with van der Waals surface area (Å²) in [4.78, 5) is 12.8. The predicted molar refractivity (Wildman–Crippen MR) is 98.8 cm³/mol. The van der Waals surface area contributed by atoms with Gasteiger partial charge in [0.05, 0.1) is 23.8 Å². The average molecular weight is 422 g/mol. The summed E-state index contributed by atoms with van der Waals surface area (Å²) in [5.74, 6) is 0.804. The molecule has 0 bridgehead atoms. The smallest absolute Gasteiger partial charge is 0.338 e. The van der Waals surface area contributed by atoms with Crippen molar-refractivity contribution < 1.29 is 14.3 Å². The zero-order chi connectivity index (χ0) is 18.7. The molecule has 0 amide bonds. The van der Waals surface area contributed by atoms with Crippen molar-refractivity contribution >= 4 is 27.8 Å². The van der Waals surface area contributed by atoms with Gasteiger partial charge in [0.15, 0.2) is 0 Å². The van der Waals surface area contributed by atoms with Gasteiger partial charge in [0.25, 0.3) is 0 Å². The van der Waals surface area contributed by atoms with E-state index in [1.807, 2.05) is 32.0 Å². The van der Waals surface area contributed by atoms with E-state index in [4.69, 9.17) is 9.47 Å². The van der Waals surface area contributed by atoms with Crippen molar-refractivity contribution in [3.63, 3.8) is 0 Å². The number of carbonyl (C=O) groups is 1. The number of benzene rings is 1. The van der Waals surface area contributed by atoms with Crippen molar-refractivity contribution in [2.45, 2.75) is 32.7 Å². The highest BCUT2D eigenvalue weighted by Crippen LogP contribution is 2.37. The largest absolute Gasteiger partial charge is 0.496 e. The summed E-state index contributed by atoms with van der Waals surface area (Å²) in [5.41, 5.74) is 2.00. The number of rotatable bonds is 6. The summed E-state index contributed by atoms with van der Waals surface area (Å²) >= 11 is 3.49. The van der Waals surface area contributed by atoms with Gasteiger partial charge in [-0.3, -0.25) is 0 Å². The highest BCUT2D eigenvalue weighted by atomic mass is 79.9. The van der Waals surface area contributed by atoms with E-state index in [1.54, 1.807) is 11.8 Å². The molecule has 1 aromatic heterocycles. The number of carbonyl (C=O) groups excluding carboxylic acids is 1. The lowest BCUT2D eigenvalue weighted by molar-refractivity contribution is -0.139.